The molecular formula is C16H31ClN4O4. The Morgan fingerprint density at radius 3 is 2.12 bits per heavy atom. The Bertz CT molecular complexity index is 453. The van der Waals surface area contributed by atoms with Crippen LogP contribution in [0.15, 0.2) is 0 Å². The van der Waals surface area contributed by atoms with E-state index in [0.29, 0.717) is 26.3 Å². The van der Waals surface area contributed by atoms with E-state index < -0.39 is 18.0 Å². The lowest BCUT2D eigenvalue weighted by Gasteiger charge is -2.32. The molecule has 0 aliphatic carbocycles. The number of nitrogens with zero attached hydrogens (tertiary/aromatic N) is 1. The Morgan fingerprint density at radius 1 is 1.08 bits per heavy atom. The lowest BCUT2D eigenvalue weighted by atomic mass is 10.0. The first kappa shape index (κ1) is 23.6. The molecule has 1 unspecified atom stereocenters. The lowest BCUT2D eigenvalue weighted by molar-refractivity contribution is -0.141. The number of carbonyl (C=O) groups excluding carboxylic acids is 3. The first-order valence-corrected chi connectivity index (χ1v) is 8.43. The van der Waals surface area contributed by atoms with E-state index in [9.17, 15) is 14.4 Å². The topological polar surface area (TPSA) is 114 Å². The monoisotopic (exact) mass is 378 g/mol. The molecule has 0 bridgehead atoms. The molecule has 0 saturated carbocycles. The van der Waals surface area contributed by atoms with Gasteiger partial charge >= 0.3 is 0 Å². The summed E-state index contributed by atoms with van der Waals surface area (Å²) in [5, 5.41) is 5.22. The van der Waals surface area contributed by atoms with E-state index in [4.69, 9.17) is 10.5 Å². The Labute approximate surface area is 155 Å². The van der Waals surface area contributed by atoms with Crippen LogP contribution in [0.25, 0.3) is 0 Å². The predicted molar refractivity (Wildman–Crippen MR) is 97.2 cm³/mol. The molecule has 1 saturated heterocycles. The van der Waals surface area contributed by atoms with Gasteiger partial charge < -0.3 is 26.0 Å². The average molecular weight is 379 g/mol. The SMILES string of the molecule is CC(C)C(NC(=O)CNC(=O)[C@@H](N)C(C)C)C(=O)N1CCOCC1.Cl. The number of morpholine rings is 1. The standard InChI is InChI=1S/C16H30N4O4.ClH/c1-10(2)13(17)15(22)18-9-12(21)19-14(11(3)4)16(23)20-5-7-24-8-6-20;/h10-11,13-14H,5-9,17H2,1-4H3,(H,18,22)(H,19,21);1H/t13-,14?;/m0./s1. The quantitative estimate of drug-likeness (QED) is 0.553. The fourth-order valence-electron chi connectivity index (χ4n) is 2.31. The van der Waals surface area contributed by atoms with Crippen LogP contribution in [0.4, 0.5) is 0 Å². The zero-order chi connectivity index (χ0) is 18.3. The van der Waals surface area contributed by atoms with Gasteiger partial charge in [-0.15, -0.1) is 12.4 Å². The smallest absolute Gasteiger partial charge is 0.245 e. The number of ether oxygens (including phenoxy) is 1. The van der Waals surface area contributed by atoms with Crippen LogP contribution in [0, 0.1) is 11.8 Å². The molecule has 0 aromatic carbocycles. The third kappa shape index (κ3) is 7.58. The summed E-state index contributed by atoms with van der Waals surface area (Å²) in [5.74, 6) is -0.968. The molecule has 1 aliphatic rings. The highest BCUT2D eigenvalue weighted by Crippen LogP contribution is 2.08. The first-order valence-electron chi connectivity index (χ1n) is 8.43. The molecule has 25 heavy (non-hydrogen) atoms. The fourth-order valence-corrected chi connectivity index (χ4v) is 2.31. The summed E-state index contributed by atoms with van der Waals surface area (Å²) in [7, 11) is 0. The molecule has 1 rings (SSSR count). The summed E-state index contributed by atoms with van der Waals surface area (Å²) in [6, 6.07) is -1.28. The molecule has 146 valence electrons. The normalized spacial score (nSPS) is 16.8. The van der Waals surface area contributed by atoms with Gasteiger partial charge in [0.2, 0.25) is 17.7 Å². The van der Waals surface area contributed by atoms with Gasteiger partial charge in [0.05, 0.1) is 25.8 Å². The van der Waals surface area contributed by atoms with Crippen LogP contribution >= 0.6 is 12.4 Å². The van der Waals surface area contributed by atoms with Gasteiger partial charge in [0.1, 0.15) is 6.04 Å². The Balaban J connectivity index is 0.00000576. The number of amides is 3. The Morgan fingerprint density at radius 2 is 1.64 bits per heavy atom. The number of halogens is 1. The van der Waals surface area contributed by atoms with Gasteiger partial charge in [-0.05, 0) is 11.8 Å². The van der Waals surface area contributed by atoms with Gasteiger partial charge in [-0.25, -0.2) is 0 Å². The molecule has 1 fully saturated rings. The molecule has 9 heteroatoms. The van der Waals surface area contributed by atoms with Gasteiger partial charge in [0.25, 0.3) is 0 Å². The lowest BCUT2D eigenvalue weighted by Crippen LogP contribution is -2.55. The molecule has 0 aromatic rings. The molecule has 3 amide bonds. The second kappa shape index (κ2) is 11.3. The van der Waals surface area contributed by atoms with E-state index in [-0.39, 0.29) is 42.6 Å². The van der Waals surface area contributed by atoms with Crippen molar-refractivity contribution in [2.45, 2.75) is 39.8 Å². The van der Waals surface area contributed by atoms with Crippen molar-refractivity contribution in [3.63, 3.8) is 0 Å². The molecule has 1 aliphatic heterocycles. The zero-order valence-electron chi connectivity index (χ0n) is 15.4. The van der Waals surface area contributed by atoms with Gasteiger partial charge in [0.15, 0.2) is 0 Å². The van der Waals surface area contributed by atoms with Crippen molar-refractivity contribution < 1.29 is 19.1 Å². The fraction of sp³-hybridized carbons (Fsp3) is 0.812. The minimum Gasteiger partial charge on any atom is -0.378 e. The second-order valence-corrected chi connectivity index (χ2v) is 6.71. The maximum absolute atomic E-state index is 12.6. The van der Waals surface area contributed by atoms with Crippen molar-refractivity contribution in [3.8, 4) is 0 Å². The van der Waals surface area contributed by atoms with E-state index in [0.717, 1.165) is 0 Å². The highest BCUT2D eigenvalue weighted by atomic mass is 35.5. The minimum atomic E-state index is -0.659. The largest absolute Gasteiger partial charge is 0.378 e. The van der Waals surface area contributed by atoms with E-state index in [1.54, 1.807) is 4.90 Å². The average Bonchev–Trinajstić information content (AvgIpc) is 2.56. The van der Waals surface area contributed by atoms with Crippen LogP contribution < -0.4 is 16.4 Å². The van der Waals surface area contributed by atoms with Gasteiger partial charge in [-0.1, -0.05) is 27.7 Å². The molecule has 2 atom stereocenters. The first-order chi connectivity index (χ1) is 11.2. The second-order valence-electron chi connectivity index (χ2n) is 6.71. The minimum absolute atomic E-state index is 0. The van der Waals surface area contributed by atoms with Gasteiger partial charge in [-0.2, -0.15) is 0 Å². The summed E-state index contributed by atoms with van der Waals surface area (Å²) >= 11 is 0. The van der Waals surface area contributed by atoms with Crippen LogP contribution in [0.1, 0.15) is 27.7 Å². The van der Waals surface area contributed by atoms with E-state index in [1.807, 2.05) is 27.7 Å². The van der Waals surface area contributed by atoms with Crippen LogP contribution in [-0.4, -0.2) is 67.6 Å². The highest BCUT2D eigenvalue weighted by molar-refractivity contribution is 5.91. The van der Waals surface area contributed by atoms with Crippen LogP contribution in [0.3, 0.4) is 0 Å². The third-order valence-electron chi connectivity index (χ3n) is 4.02. The van der Waals surface area contributed by atoms with Gasteiger partial charge in [-0.3, -0.25) is 14.4 Å². The highest BCUT2D eigenvalue weighted by Gasteiger charge is 2.29. The predicted octanol–water partition coefficient (Wildman–Crippen LogP) is -0.493. The Hall–Kier alpha value is -1.38. The van der Waals surface area contributed by atoms with E-state index in [2.05, 4.69) is 10.6 Å². The van der Waals surface area contributed by atoms with Gasteiger partial charge in [0, 0.05) is 13.1 Å². The third-order valence-corrected chi connectivity index (χ3v) is 4.02. The van der Waals surface area contributed by atoms with Crippen LogP contribution in [0.2, 0.25) is 0 Å². The van der Waals surface area contributed by atoms with Crippen molar-refractivity contribution in [1.29, 1.82) is 0 Å². The van der Waals surface area contributed by atoms with Crippen molar-refractivity contribution in [2.75, 3.05) is 32.8 Å². The number of rotatable bonds is 7. The summed E-state index contributed by atoms with van der Waals surface area (Å²) in [4.78, 5) is 38.1. The Kier molecular flexibility index (Phi) is 10.7. The number of nitrogens with one attached hydrogen (secondary N) is 2. The summed E-state index contributed by atoms with van der Waals surface area (Å²) in [6.07, 6.45) is 0. The van der Waals surface area contributed by atoms with Crippen molar-refractivity contribution >= 4 is 30.1 Å². The van der Waals surface area contributed by atoms with E-state index >= 15 is 0 Å². The van der Waals surface area contributed by atoms with Crippen LogP contribution in [-0.2, 0) is 19.1 Å². The summed E-state index contributed by atoms with van der Waals surface area (Å²) < 4.78 is 5.24. The summed E-state index contributed by atoms with van der Waals surface area (Å²) in [6.45, 7) is 9.28. The molecule has 0 aromatic heterocycles. The summed E-state index contributed by atoms with van der Waals surface area (Å²) in [5.41, 5.74) is 5.73. The van der Waals surface area contributed by atoms with Crippen LogP contribution in [0.5, 0.6) is 0 Å². The molecule has 1 heterocycles. The number of hydrogen-bond acceptors (Lipinski definition) is 5. The molecule has 0 radical (unpaired) electrons. The number of nitrogens with two attached hydrogens (primary N) is 1. The molecular weight excluding hydrogens is 348 g/mol. The maximum atomic E-state index is 12.6. The number of carbonyl (C=O) groups is 3. The maximum Gasteiger partial charge on any atom is 0.245 e. The molecule has 4 N–H and O–H groups in total. The van der Waals surface area contributed by atoms with Crippen molar-refractivity contribution in [2.24, 2.45) is 17.6 Å². The number of hydrogen-bond donors (Lipinski definition) is 3. The molecule has 8 nitrogen and oxygen atoms in total. The van der Waals surface area contributed by atoms with Crippen molar-refractivity contribution in [1.82, 2.24) is 15.5 Å². The van der Waals surface area contributed by atoms with Crippen molar-refractivity contribution in [3.05, 3.63) is 0 Å². The molecule has 0 spiro atoms. The zero-order valence-corrected chi connectivity index (χ0v) is 16.2. The van der Waals surface area contributed by atoms with E-state index in [1.165, 1.54) is 0 Å².